The minimum Gasteiger partial charge on any atom is -0.358 e. The zero-order valence-corrected chi connectivity index (χ0v) is 11.1. The van der Waals surface area contributed by atoms with Crippen molar-refractivity contribution in [1.29, 1.82) is 5.26 Å². The summed E-state index contributed by atoms with van der Waals surface area (Å²) < 4.78 is 0. The van der Waals surface area contributed by atoms with Gasteiger partial charge in [-0.3, -0.25) is 0 Å². The maximum atomic E-state index is 9.23. The second-order valence-electron chi connectivity index (χ2n) is 5.01. The molecule has 1 saturated heterocycles. The lowest BCUT2D eigenvalue weighted by Gasteiger charge is -2.28. The Hall–Kier alpha value is -1.60. The zero-order valence-electron chi connectivity index (χ0n) is 11.1. The molecule has 96 valence electrons. The van der Waals surface area contributed by atoms with Crippen LogP contribution in [-0.4, -0.2) is 31.7 Å². The highest BCUT2D eigenvalue weighted by Gasteiger charge is 2.18. The quantitative estimate of drug-likeness (QED) is 0.879. The van der Waals surface area contributed by atoms with E-state index in [2.05, 4.69) is 21.3 Å². The van der Waals surface area contributed by atoms with E-state index in [1.54, 1.807) is 6.20 Å². The van der Waals surface area contributed by atoms with Crippen LogP contribution in [0.5, 0.6) is 0 Å². The smallest absolute Gasteiger partial charge is 0.146 e. The van der Waals surface area contributed by atoms with E-state index in [4.69, 9.17) is 0 Å². The molecule has 1 N–H and O–H groups in total. The van der Waals surface area contributed by atoms with Gasteiger partial charge in [0.2, 0.25) is 0 Å². The maximum Gasteiger partial charge on any atom is 0.146 e. The Morgan fingerprint density at radius 1 is 1.50 bits per heavy atom. The summed E-state index contributed by atoms with van der Waals surface area (Å²) in [5, 5.41) is 12.6. The predicted octanol–water partition coefficient (Wildman–Crippen LogP) is 1.70. The van der Waals surface area contributed by atoms with Crippen LogP contribution in [0.3, 0.4) is 0 Å². The van der Waals surface area contributed by atoms with E-state index in [1.165, 1.54) is 12.8 Å². The predicted molar refractivity (Wildman–Crippen MR) is 72.6 cm³/mol. The van der Waals surface area contributed by atoms with Gasteiger partial charge in [0.05, 0.1) is 5.56 Å². The molecule has 1 aliphatic rings. The van der Waals surface area contributed by atoms with Crippen LogP contribution >= 0.6 is 0 Å². The SMILES string of the molecule is Cc1ccnc(N(C)CC2CCNCC2)c1C#N. The first kappa shape index (κ1) is 12.8. The van der Waals surface area contributed by atoms with Gasteiger partial charge in [-0.1, -0.05) is 0 Å². The van der Waals surface area contributed by atoms with Gasteiger partial charge >= 0.3 is 0 Å². The van der Waals surface area contributed by atoms with Gasteiger partial charge in [-0.2, -0.15) is 5.26 Å². The molecular formula is C14H20N4. The molecule has 0 atom stereocenters. The molecule has 1 fully saturated rings. The number of hydrogen-bond acceptors (Lipinski definition) is 4. The van der Waals surface area contributed by atoms with E-state index in [1.807, 2.05) is 20.0 Å². The Morgan fingerprint density at radius 2 is 2.22 bits per heavy atom. The van der Waals surface area contributed by atoms with Crippen molar-refractivity contribution in [2.24, 2.45) is 5.92 Å². The summed E-state index contributed by atoms with van der Waals surface area (Å²) in [6.07, 6.45) is 4.19. The van der Waals surface area contributed by atoms with Crippen LogP contribution in [0.2, 0.25) is 0 Å². The van der Waals surface area contributed by atoms with Gasteiger partial charge in [0.15, 0.2) is 0 Å². The summed E-state index contributed by atoms with van der Waals surface area (Å²) in [7, 11) is 2.03. The van der Waals surface area contributed by atoms with E-state index < -0.39 is 0 Å². The van der Waals surface area contributed by atoms with Crippen molar-refractivity contribution < 1.29 is 0 Å². The molecule has 0 unspecified atom stereocenters. The highest BCUT2D eigenvalue weighted by Crippen LogP contribution is 2.21. The molecule has 18 heavy (non-hydrogen) atoms. The normalized spacial score (nSPS) is 16.3. The van der Waals surface area contributed by atoms with Crippen LogP contribution in [-0.2, 0) is 0 Å². The van der Waals surface area contributed by atoms with Crippen LogP contribution in [0, 0.1) is 24.2 Å². The number of nitrogens with zero attached hydrogens (tertiary/aromatic N) is 3. The molecule has 0 spiro atoms. The van der Waals surface area contributed by atoms with E-state index in [-0.39, 0.29) is 0 Å². The summed E-state index contributed by atoms with van der Waals surface area (Å²) >= 11 is 0. The van der Waals surface area contributed by atoms with Crippen LogP contribution in [0.25, 0.3) is 0 Å². The van der Waals surface area contributed by atoms with Crippen LogP contribution in [0.4, 0.5) is 5.82 Å². The molecule has 0 aliphatic carbocycles. The van der Waals surface area contributed by atoms with Crippen molar-refractivity contribution >= 4 is 5.82 Å². The molecule has 1 aliphatic heterocycles. The number of pyridine rings is 1. The topological polar surface area (TPSA) is 52.0 Å². The third-order valence-electron chi connectivity index (χ3n) is 3.60. The van der Waals surface area contributed by atoms with E-state index in [0.717, 1.165) is 31.0 Å². The van der Waals surface area contributed by atoms with Gasteiger partial charge in [0, 0.05) is 19.8 Å². The van der Waals surface area contributed by atoms with Gasteiger partial charge in [0.1, 0.15) is 11.9 Å². The standard InChI is InChI=1S/C14H20N4/c1-11-3-8-17-14(13(11)9-15)18(2)10-12-4-6-16-7-5-12/h3,8,12,16H,4-7,10H2,1-2H3. The Kier molecular flexibility index (Phi) is 4.16. The summed E-state index contributed by atoms with van der Waals surface area (Å²) in [6, 6.07) is 4.15. The second kappa shape index (κ2) is 5.83. The lowest BCUT2D eigenvalue weighted by Crippen LogP contribution is -2.35. The number of hydrogen-bond donors (Lipinski definition) is 1. The summed E-state index contributed by atoms with van der Waals surface area (Å²) in [5.74, 6) is 1.51. The van der Waals surface area contributed by atoms with Gasteiger partial charge in [-0.15, -0.1) is 0 Å². The molecule has 0 radical (unpaired) electrons. The molecule has 0 aromatic carbocycles. The molecule has 1 aromatic rings. The zero-order chi connectivity index (χ0) is 13.0. The van der Waals surface area contributed by atoms with Crippen molar-refractivity contribution in [3.8, 4) is 6.07 Å². The Balaban J connectivity index is 2.11. The third-order valence-corrected chi connectivity index (χ3v) is 3.60. The van der Waals surface area contributed by atoms with Gasteiger partial charge in [-0.25, -0.2) is 4.98 Å². The monoisotopic (exact) mass is 244 g/mol. The van der Waals surface area contributed by atoms with Gasteiger partial charge in [-0.05, 0) is 50.4 Å². The molecule has 0 saturated carbocycles. The first-order valence-electron chi connectivity index (χ1n) is 6.50. The van der Waals surface area contributed by atoms with Gasteiger partial charge in [0.25, 0.3) is 0 Å². The largest absolute Gasteiger partial charge is 0.358 e. The molecule has 0 bridgehead atoms. The highest BCUT2D eigenvalue weighted by atomic mass is 15.2. The Labute approximate surface area is 109 Å². The molecule has 1 aromatic heterocycles. The Bertz CT molecular complexity index is 444. The van der Waals surface area contributed by atoms with E-state index >= 15 is 0 Å². The highest BCUT2D eigenvalue weighted by molar-refractivity contribution is 5.56. The number of piperidine rings is 1. The molecule has 4 nitrogen and oxygen atoms in total. The minimum atomic E-state index is 0.699. The summed E-state index contributed by atoms with van der Waals surface area (Å²) in [5.41, 5.74) is 1.70. The minimum absolute atomic E-state index is 0.699. The van der Waals surface area contributed by atoms with Crippen LogP contribution in [0.15, 0.2) is 12.3 Å². The van der Waals surface area contributed by atoms with Crippen molar-refractivity contribution in [2.75, 3.05) is 31.6 Å². The van der Waals surface area contributed by atoms with Crippen LogP contribution < -0.4 is 10.2 Å². The number of nitriles is 1. The molecule has 2 rings (SSSR count). The van der Waals surface area contributed by atoms with Crippen LogP contribution in [0.1, 0.15) is 24.0 Å². The van der Waals surface area contributed by atoms with E-state index in [0.29, 0.717) is 11.5 Å². The Morgan fingerprint density at radius 3 is 2.89 bits per heavy atom. The maximum absolute atomic E-state index is 9.23. The lowest BCUT2D eigenvalue weighted by molar-refractivity contribution is 0.377. The van der Waals surface area contributed by atoms with Crippen molar-refractivity contribution in [3.05, 3.63) is 23.4 Å². The average Bonchev–Trinajstić information content (AvgIpc) is 2.39. The second-order valence-corrected chi connectivity index (χ2v) is 5.01. The lowest BCUT2D eigenvalue weighted by atomic mass is 9.97. The molecular weight excluding hydrogens is 224 g/mol. The number of aryl methyl sites for hydroxylation is 1. The first-order chi connectivity index (χ1) is 8.72. The number of rotatable bonds is 3. The molecule has 2 heterocycles. The fraction of sp³-hybridized carbons (Fsp3) is 0.571. The van der Waals surface area contributed by atoms with Crippen molar-refractivity contribution in [2.45, 2.75) is 19.8 Å². The van der Waals surface area contributed by atoms with Crippen molar-refractivity contribution in [3.63, 3.8) is 0 Å². The van der Waals surface area contributed by atoms with Gasteiger partial charge < -0.3 is 10.2 Å². The molecule has 4 heteroatoms. The fourth-order valence-corrected chi connectivity index (χ4v) is 2.51. The van der Waals surface area contributed by atoms with Crippen molar-refractivity contribution in [1.82, 2.24) is 10.3 Å². The number of nitrogens with one attached hydrogen (secondary N) is 1. The fourth-order valence-electron chi connectivity index (χ4n) is 2.51. The number of aromatic nitrogens is 1. The third kappa shape index (κ3) is 2.80. The summed E-state index contributed by atoms with van der Waals surface area (Å²) in [4.78, 5) is 6.49. The molecule has 0 amide bonds. The van der Waals surface area contributed by atoms with E-state index in [9.17, 15) is 5.26 Å². The summed E-state index contributed by atoms with van der Waals surface area (Å²) in [6.45, 7) is 5.14. The average molecular weight is 244 g/mol. The number of anilines is 1. The first-order valence-corrected chi connectivity index (χ1v) is 6.50.